The van der Waals surface area contributed by atoms with E-state index in [9.17, 15) is 14.0 Å². The zero-order valence-electron chi connectivity index (χ0n) is 14.5. The summed E-state index contributed by atoms with van der Waals surface area (Å²) in [4.78, 5) is 29.5. The van der Waals surface area contributed by atoms with Crippen LogP contribution in [0.2, 0.25) is 10.2 Å². The highest BCUT2D eigenvalue weighted by molar-refractivity contribution is 6.32. The van der Waals surface area contributed by atoms with Gasteiger partial charge < -0.3 is 25.9 Å². The Bertz CT molecular complexity index is 1100. The third-order valence-electron chi connectivity index (χ3n) is 3.77. The van der Waals surface area contributed by atoms with Crippen LogP contribution in [0.4, 0.5) is 10.1 Å². The van der Waals surface area contributed by atoms with Gasteiger partial charge in [-0.25, -0.2) is 14.2 Å². The number of H-pyrrole nitrogens is 1. The molecule has 0 unspecified atom stereocenters. The quantitative estimate of drug-likeness (QED) is 0.432. The first-order valence-electron chi connectivity index (χ1n) is 8.02. The van der Waals surface area contributed by atoms with Gasteiger partial charge in [0.05, 0.1) is 16.9 Å². The highest BCUT2D eigenvalue weighted by Gasteiger charge is 2.18. The average Bonchev–Trinajstić information content (AvgIpc) is 3.10. The second-order valence-corrected chi connectivity index (χ2v) is 6.58. The van der Waals surface area contributed by atoms with Gasteiger partial charge in [0, 0.05) is 23.9 Å². The number of nitrogens with zero attached hydrogens (tertiary/aromatic N) is 1. The molecule has 0 bridgehead atoms. The van der Waals surface area contributed by atoms with Gasteiger partial charge in [0.15, 0.2) is 17.3 Å². The number of aromatic nitrogens is 2. The minimum absolute atomic E-state index is 0.00677. The van der Waals surface area contributed by atoms with Gasteiger partial charge in [-0.1, -0.05) is 29.3 Å². The summed E-state index contributed by atoms with van der Waals surface area (Å²) in [5.74, 6) is -2.99. The van der Waals surface area contributed by atoms with E-state index < -0.39 is 17.7 Å². The SMILES string of the molecule is Nc1cc(Oc2c(Cl)ccc(CNC(=O)c3nc[nH]c3Cl)c2F)cc(C(=O)O)c1. The summed E-state index contributed by atoms with van der Waals surface area (Å²) in [5, 5.41) is 11.6. The van der Waals surface area contributed by atoms with E-state index >= 15 is 0 Å². The summed E-state index contributed by atoms with van der Waals surface area (Å²) in [5.41, 5.74) is 5.70. The molecule has 0 saturated carbocycles. The number of nitrogens with two attached hydrogens (primary N) is 1. The lowest BCUT2D eigenvalue weighted by atomic mass is 10.1. The topological polar surface area (TPSA) is 130 Å². The fraction of sp³-hybridized carbons (Fsp3) is 0.0556. The van der Waals surface area contributed by atoms with Gasteiger partial charge >= 0.3 is 5.97 Å². The molecule has 0 atom stereocenters. The third kappa shape index (κ3) is 4.58. The summed E-state index contributed by atoms with van der Waals surface area (Å²) in [7, 11) is 0. The van der Waals surface area contributed by atoms with Crippen molar-refractivity contribution in [3.63, 3.8) is 0 Å². The maximum Gasteiger partial charge on any atom is 0.335 e. The Balaban J connectivity index is 1.83. The van der Waals surface area contributed by atoms with Gasteiger partial charge in [0.2, 0.25) is 0 Å². The van der Waals surface area contributed by atoms with E-state index in [0.717, 1.165) is 0 Å². The van der Waals surface area contributed by atoms with Crippen molar-refractivity contribution in [3.8, 4) is 11.5 Å². The van der Waals surface area contributed by atoms with Crippen LogP contribution in [0.5, 0.6) is 11.5 Å². The van der Waals surface area contributed by atoms with Crippen molar-refractivity contribution in [1.82, 2.24) is 15.3 Å². The van der Waals surface area contributed by atoms with Crippen LogP contribution in [-0.4, -0.2) is 27.0 Å². The van der Waals surface area contributed by atoms with E-state index in [1.165, 1.54) is 36.7 Å². The molecule has 3 aromatic rings. The maximum atomic E-state index is 14.9. The second-order valence-electron chi connectivity index (χ2n) is 5.80. The molecule has 0 radical (unpaired) electrons. The molecule has 0 aliphatic heterocycles. The first-order chi connectivity index (χ1) is 13.8. The van der Waals surface area contributed by atoms with Crippen LogP contribution in [-0.2, 0) is 6.54 Å². The first kappa shape index (κ1) is 20.4. The lowest BCUT2D eigenvalue weighted by molar-refractivity contribution is 0.0696. The molecule has 1 aromatic heterocycles. The summed E-state index contributed by atoms with van der Waals surface area (Å²) >= 11 is 11.8. The molecule has 0 aliphatic rings. The predicted octanol–water partition coefficient (Wildman–Crippen LogP) is 3.86. The van der Waals surface area contributed by atoms with Crippen LogP contribution >= 0.6 is 23.2 Å². The minimum Gasteiger partial charge on any atom is -0.478 e. The molecule has 1 heterocycles. The smallest absolute Gasteiger partial charge is 0.335 e. The molecular weight excluding hydrogens is 426 g/mol. The van der Waals surface area contributed by atoms with Crippen molar-refractivity contribution in [2.75, 3.05) is 5.73 Å². The number of ether oxygens (including phenoxy) is 1. The molecule has 11 heteroatoms. The van der Waals surface area contributed by atoms with Gasteiger partial charge in [0.25, 0.3) is 5.91 Å². The summed E-state index contributed by atoms with van der Waals surface area (Å²) in [6.45, 7) is -0.196. The molecule has 8 nitrogen and oxygen atoms in total. The molecule has 3 rings (SSSR count). The molecule has 0 fully saturated rings. The Morgan fingerprint density at radius 3 is 2.69 bits per heavy atom. The lowest BCUT2D eigenvalue weighted by Gasteiger charge is -2.13. The van der Waals surface area contributed by atoms with Crippen molar-refractivity contribution in [2.45, 2.75) is 6.54 Å². The molecule has 1 amide bonds. The standard InChI is InChI=1S/C18H13Cl2FN4O4/c19-12-2-1-8(6-23-17(26)14-16(20)25-7-24-14)13(21)15(12)29-11-4-9(18(27)28)3-10(22)5-11/h1-5,7H,6,22H2,(H,23,26)(H,24,25)(H,27,28). The Morgan fingerprint density at radius 1 is 1.28 bits per heavy atom. The fourth-order valence-corrected chi connectivity index (χ4v) is 2.79. The number of imidazole rings is 1. The van der Waals surface area contributed by atoms with Crippen molar-refractivity contribution in [1.29, 1.82) is 0 Å². The van der Waals surface area contributed by atoms with Crippen molar-refractivity contribution >= 4 is 40.8 Å². The number of benzene rings is 2. The Labute approximate surface area is 173 Å². The Hall–Kier alpha value is -3.30. The maximum absolute atomic E-state index is 14.9. The van der Waals surface area contributed by atoms with Crippen molar-refractivity contribution in [2.24, 2.45) is 0 Å². The number of amides is 1. The number of aromatic amines is 1. The number of nitrogen functional groups attached to an aromatic ring is 1. The molecule has 5 N–H and O–H groups in total. The number of carboxylic acids is 1. The predicted molar refractivity (Wildman–Crippen MR) is 104 cm³/mol. The van der Waals surface area contributed by atoms with E-state index in [-0.39, 0.29) is 50.7 Å². The second kappa shape index (κ2) is 8.38. The van der Waals surface area contributed by atoms with Crippen LogP contribution in [0, 0.1) is 5.82 Å². The monoisotopic (exact) mass is 438 g/mol. The van der Waals surface area contributed by atoms with Gasteiger partial charge in [-0.2, -0.15) is 0 Å². The highest BCUT2D eigenvalue weighted by Crippen LogP contribution is 2.35. The molecule has 29 heavy (non-hydrogen) atoms. The van der Waals surface area contributed by atoms with E-state index in [1.807, 2.05) is 0 Å². The molecule has 0 spiro atoms. The van der Waals surface area contributed by atoms with Gasteiger partial charge in [-0.3, -0.25) is 4.79 Å². The molecule has 150 valence electrons. The number of hydrogen-bond donors (Lipinski definition) is 4. The zero-order valence-corrected chi connectivity index (χ0v) is 16.0. The van der Waals surface area contributed by atoms with Crippen LogP contribution in [0.1, 0.15) is 26.4 Å². The number of carbonyl (C=O) groups is 2. The minimum atomic E-state index is -1.22. The van der Waals surface area contributed by atoms with Crippen LogP contribution in [0.3, 0.4) is 0 Å². The highest BCUT2D eigenvalue weighted by atomic mass is 35.5. The number of halogens is 3. The zero-order chi connectivity index (χ0) is 21.1. The van der Waals surface area contributed by atoms with Crippen LogP contribution in [0.15, 0.2) is 36.7 Å². The number of anilines is 1. The number of aromatic carboxylic acids is 1. The average molecular weight is 439 g/mol. The Kier molecular flexibility index (Phi) is 5.90. The summed E-state index contributed by atoms with van der Waals surface area (Å²) in [6, 6.07) is 6.50. The number of rotatable bonds is 6. The Morgan fingerprint density at radius 2 is 2.03 bits per heavy atom. The molecule has 0 aliphatic carbocycles. The van der Waals surface area contributed by atoms with E-state index in [4.69, 9.17) is 38.8 Å². The van der Waals surface area contributed by atoms with E-state index in [2.05, 4.69) is 15.3 Å². The van der Waals surface area contributed by atoms with Crippen LogP contribution in [0.25, 0.3) is 0 Å². The lowest BCUT2D eigenvalue weighted by Crippen LogP contribution is -2.24. The fourth-order valence-electron chi connectivity index (χ4n) is 2.42. The number of carboxylic acid groups (broad SMARTS) is 1. The summed E-state index contributed by atoms with van der Waals surface area (Å²) < 4.78 is 20.3. The molecular formula is C18H13Cl2FN4O4. The summed E-state index contributed by atoms with van der Waals surface area (Å²) in [6.07, 6.45) is 1.25. The van der Waals surface area contributed by atoms with Crippen molar-refractivity contribution in [3.05, 3.63) is 69.5 Å². The third-order valence-corrected chi connectivity index (χ3v) is 4.36. The van der Waals surface area contributed by atoms with Crippen LogP contribution < -0.4 is 15.8 Å². The number of nitrogens with one attached hydrogen (secondary N) is 2. The van der Waals surface area contributed by atoms with Gasteiger partial charge in [-0.05, 0) is 18.2 Å². The normalized spacial score (nSPS) is 10.6. The molecule has 0 saturated heterocycles. The van der Waals surface area contributed by atoms with Crippen molar-refractivity contribution < 1.29 is 23.8 Å². The van der Waals surface area contributed by atoms with E-state index in [0.29, 0.717) is 0 Å². The van der Waals surface area contributed by atoms with Gasteiger partial charge in [0.1, 0.15) is 10.9 Å². The van der Waals surface area contributed by atoms with E-state index in [1.54, 1.807) is 0 Å². The number of hydrogen-bond acceptors (Lipinski definition) is 5. The number of carbonyl (C=O) groups excluding carboxylic acids is 1. The van der Waals surface area contributed by atoms with Gasteiger partial charge in [-0.15, -0.1) is 0 Å². The largest absolute Gasteiger partial charge is 0.478 e. The first-order valence-corrected chi connectivity index (χ1v) is 8.77. The molecule has 2 aromatic carbocycles.